The smallest absolute Gasteiger partial charge is 0.420 e. The molecule has 2 amide bonds. The first-order chi connectivity index (χ1) is 14.5. The predicted molar refractivity (Wildman–Crippen MR) is 103 cm³/mol. The number of carboxylic acid groups (broad SMARTS) is 1. The normalized spacial score (nSPS) is 14.7. The summed E-state index contributed by atoms with van der Waals surface area (Å²) in [6.07, 6.45) is -6.64. The van der Waals surface area contributed by atoms with Gasteiger partial charge in [0.2, 0.25) is 5.54 Å². The Morgan fingerprint density at radius 3 is 2.00 bits per heavy atom. The second-order valence-corrected chi connectivity index (χ2v) is 7.15. The second-order valence-electron chi connectivity index (χ2n) is 7.15. The molecule has 164 valence electrons. The highest BCUT2D eigenvalue weighted by atomic mass is 19.4. The second kappa shape index (κ2) is 8.29. The summed E-state index contributed by atoms with van der Waals surface area (Å²) in [5, 5.41) is 11.7. The van der Waals surface area contributed by atoms with Gasteiger partial charge in [0.25, 0.3) is 5.91 Å². The number of hydrogen-bond donors (Lipinski definition) is 3. The molecular weight excluding hydrogens is 417 g/mol. The van der Waals surface area contributed by atoms with Crippen LogP contribution in [0.5, 0.6) is 0 Å². The van der Waals surface area contributed by atoms with Crippen LogP contribution in [0.4, 0.5) is 18.0 Å². The molecule has 0 aliphatic heterocycles. The van der Waals surface area contributed by atoms with Crippen LogP contribution in [0.15, 0.2) is 48.5 Å². The van der Waals surface area contributed by atoms with Crippen LogP contribution < -0.4 is 10.6 Å². The maximum absolute atomic E-state index is 13.5. The van der Waals surface area contributed by atoms with E-state index in [-0.39, 0.29) is 12.5 Å². The molecule has 2 aromatic rings. The van der Waals surface area contributed by atoms with Gasteiger partial charge >= 0.3 is 18.2 Å². The van der Waals surface area contributed by atoms with Gasteiger partial charge in [-0.05, 0) is 29.2 Å². The third-order valence-corrected chi connectivity index (χ3v) is 5.12. The summed E-state index contributed by atoms with van der Waals surface area (Å²) in [5.74, 6) is -3.62. The van der Waals surface area contributed by atoms with Gasteiger partial charge in [0.15, 0.2) is 0 Å². The van der Waals surface area contributed by atoms with Crippen LogP contribution in [0, 0.1) is 0 Å². The summed E-state index contributed by atoms with van der Waals surface area (Å²) in [5.41, 5.74) is 0.259. The molecule has 0 saturated heterocycles. The lowest BCUT2D eigenvalue weighted by Gasteiger charge is -2.31. The number of carboxylic acids is 1. The molecule has 3 N–H and O–H groups in total. The minimum atomic E-state index is -5.19. The topological polar surface area (TPSA) is 105 Å². The van der Waals surface area contributed by atoms with Gasteiger partial charge in [-0.15, -0.1) is 0 Å². The highest BCUT2D eigenvalue weighted by Crippen LogP contribution is 2.44. The highest BCUT2D eigenvalue weighted by molar-refractivity contribution is 5.92. The fraction of sp³-hybridized carbons (Fsp3) is 0.286. The molecule has 31 heavy (non-hydrogen) atoms. The van der Waals surface area contributed by atoms with Gasteiger partial charge in [0.1, 0.15) is 13.2 Å². The van der Waals surface area contributed by atoms with E-state index in [4.69, 9.17) is 9.84 Å². The molecular formula is C21H19F3N2O5. The third-order valence-electron chi connectivity index (χ3n) is 5.12. The first-order valence-corrected chi connectivity index (χ1v) is 9.24. The summed E-state index contributed by atoms with van der Waals surface area (Å²) in [7, 11) is 0. The summed E-state index contributed by atoms with van der Waals surface area (Å²) in [6, 6.07) is 14.8. The van der Waals surface area contributed by atoms with Gasteiger partial charge in [-0.2, -0.15) is 13.2 Å². The Kier molecular flexibility index (Phi) is 5.92. The van der Waals surface area contributed by atoms with E-state index >= 15 is 0 Å². The summed E-state index contributed by atoms with van der Waals surface area (Å²) < 4.78 is 45.5. The molecule has 7 nitrogen and oxygen atoms in total. The van der Waals surface area contributed by atoms with Crippen molar-refractivity contribution in [2.24, 2.45) is 0 Å². The van der Waals surface area contributed by atoms with Gasteiger partial charge in [-0.3, -0.25) is 14.9 Å². The van der Waals surface area contributed by atoms with Crippen molar-refractivity contribution in [2.45, 2.75) is 24.6 Å². The van der Waals surface area contributed by atoms with E-state index in [1.165, 1.54) is 5.32 Å². The van der Waals surface area contributed by atoms with Gasteiger partial charge in [0, 0.05) is 5.92 Å². The van der Waals surface area contributed by atoms with E-state index in [2.05, 4.69) is 0 Å². The molecule has 0 heterocycles. The fourth-order valence-electron chi connectivity index (χ4n) is 3.43. The lowest BCUT2D eigenvalue weighted by molar-refractivity contribution is -0.194. The number of carbonyl (C=O) groups excluding carboxylic acids is 2. The molecule has 0 fully saturated rings. The van der Waals surface area contributed by atoms with Crippen molar-refractivity contribution in [3.05, 3.63) is 59.7 Å². The van der Waals surface area contributed by atoms with Crippen molar-refractivity contribution in [3.8, 4) is 11.1 Å². The number of amides is 2. The van der Waals surface area contributed by atoms with Crippen molar-refractivity contribution in [2.75, 3.05) is 13.2 Å². The van der Waals surface area contributed by atoms with E-state index in [0.29, 0.717) is 6.92 Å². The van der Waals surface area contributed by atoms with Crippen LogP contribution in [0.2, 0.25) is 0 Å². The van der Waals surface area contributed by atoms with Crippen LogP contribution in [-0.2, 0) is 14.3 Å². The van der Waals surface area contributed by atoms with E-state index in [1.807, 2.05) is 48.5 Å². The molecule has 1 aliphatic rings. The average molecular weight is 436 g/mol. The monoisotopic (exact) mass is 436 g/mol. The minimum absolute atomic E-state index is 0.245. The molecule has 0 radical (unpaired) electrons. The van der Waals surface area contributed by atoms with E-state index < -0.39 is 36.2 Å². The molecule has 0 bridgehead atoms. The van der Waals surface area contributed by atoms with Gasteiger partial charge in [-0.1, -0.05) is 48.5 Å². The number of carbonyl (C=O) groups is 3. The van der Waals surface area contributed by atoms with Crippen molar-refractivity contribution < 1.29 is 37.4 Å². The number of nitrogens with one attached hydrogen (secondary N) is 2. The zero-order valence-corrected chi connectivity index (χ0v) is 16.3. The van der Waals surface area contributed by atoms with Crippen LogP contribution in [0.1, 0.15) is 24.0 Å². The lowest BCUT2D eigenvalue weighted by atomic mass is 9.98. The van der Waals surface area contributed by atoms with Crippen LogP contribution in [0.3, 0.4) is 0 Å². The minimum Gasteiger partial charge on any atom is -0.480 e. The molecule has 10 heteroatoms. The highest BCUT2D eigenvalue weighted by Gasteiger charge is 2.58. The molecule has 3 rings (SSSR count). The molecule has 0 saturated carbocycles. The number of rotatable bonds is 6. The predicted octanol–water partition coefficient (Wildman–Crippen LogP) is 3.05. The fourth-order valence-corrected chi connectivity index (χ4v) is 3.43. The number of ether oxygens (including phenoxy) is 1. The number of fused-ring (bicyclic) bond motifs is 3. The van der Waals surface area contributed by atoms with Gasteiger partial charge in [-0.25, -0.2) is 4.79 Å². The lowest BCUT2D eigenvalue weighted by Crippen LogP contribution is -2.65. The molecule has 0 aromatic heterocycles. The maximum Gasteiger partial charge on any atom is 0.420 e. The average Bonchev–Trinajstić information content (AvgIpc) is 3.03. The Hall–Kier alpha value is -3.56. The SMILES string of the molecule is CC(NC(=O)OCC1c2ccccc2-c2ccccc21)(C(=O)NCC(=O)O)C(F)(F)F. The number of benzene rings is 2. The number of alkyl carbamates (subject to hydrolysis) is 1. The van der Waals surface area contributed by atoms with Crippen LogP contribution >= 0.6 is 0 Å². The largest absolute Gasteiger partial charge is 0.480 e. The zero-order chi connectivity index (χ0) is 22.8. The van der Waals surface area contributed by atoms with Crippen molar-refractivity contribution in [3.63, 3.8) is 0 Å². The number of alkyl halides is 3. The Labute approximate surface area is 175 Å². The standard InChI is InChI=1S/C21H19F3N2O5/c1-20(21(22,23)24,18(29)25-10-17(27)28)26-19(30)31-11-16-14-8-4-2-6-12(14)13-7-3-5-9-15(13)16/h2-9,16H,10-11H2,1H3,(H,25,29)(H,26,30)(H,27,28). The first-order valence-electron chi connectivity index (χ1n) is 9.24. The first kappa shape index (κ1) is 22.1. The summed E-state index contributed by atoms with van der Waals surface area (Å²) in [6.45, 7) is -0.840. The molecule has 1 aliphatic carbocycles. The Bertz CT molecular complexity index is 979. The number of hydrogen-bond acceptors (Lipinski definition) is 4. The quantitative estimate of drug-likeness (QED) is 0.646. The number of aliphatic carboxylic acids is 1. The van der Waals surface area contributed by atoms with Crippen LogP contribution in [-0.4, -0.2) is 47.9 Å². The van der Waals surface area contributed by atoms with Crippen molar-refractivity contribution in [1.82, 2.24) is 10.6 Å². The zero-order valence-electron chi connectivity index (χ0n) is 16.3. The van der Waals surface area contributed by atoms with E-state index in [1.54, 1.807) is 5.32 Å². The summed E-state index contributed by atoms with van der Waals surface area (Å²) >= 11 is 0. The van der Waals surface area contributed by atoms with Gasteiger partial charge in [0.05, 0.1) is 0 Å². The molecule has 2 aromatic carbocycles. The Morgan fingerprint density at radius 2 is 1.52 bits per heavy atom. The Morgan fingerprint density at radius 1 is 1.00 bits per heavy atom. The van der Waals surface area contributed by atoms with Crippen molar-refractivity contribution >= 4 is 18.0 Å². The van der Waals surface area contributed by atoms with Crippen LogP contribution in [0.25, 0.3) is 11.1 Å². The maximum atomic E-state index is 13.5. The third kappa shape index (κ3) is 4.32. The van der Waals surface area contributed by atoms with E-state index in [9.17, 15) is 27.6 Å². The van der Waals surface area contributed by atoms with E-state index in [0.717, 1.165) is 22.3 Å². The summed E-state index contributed by atoms with van der Waals surface area (Å²) in [4.78, 5) is 34.7. The molecule has 1 unspecified atom stereocenters. The molecule has 0 spiro atoms. The van der Waals surface area contributed by atoms with Crippen molar-refractivity contribution in [1.29, 1.82) is 0 Å². The Balaban J connectivity index is 1.74. The van der Waals surface area contributed by atoms with Gasteiger partial charge < -0.3 is 15.2 Å². The number of halogens is 3. The molecule has 1 atom stereocenters.